The van der Waals surface area contributed by atoms with E-state index in [0.717, 1.165) is 33.4 Å². The van der Waals surface area contributed by atoms with Gasteiger partial charge in [0, 0.05) is 38.5 Å². The molecule has 0 bridgehead atoms. The molecule has 1 amide bonds. The summed E-state index contributed by atoms with van der Waals surface area (Å²) in [6, 6.07) is 3.54. The lowest BCUT2D eigenvalue weighted by atomic mass is 9.90. The van der Waals surface area contributed by atoms with Crippen molar-refractivity contribution in [3.05, 3.63) is 28.8 Å². The first-order valence-corrected chi connectivity index (χ1v) is 10.3. The van der Waals surface area contributed by atoms with Gasteiger partial charge < -0.3 is 5.73 Å². The zero-order valence-electron chi connectivity index (χ0n) is 16.1. The van der Waals surface area contributed by atoms with Crippen LogP contribution in [0, 0.1) is 12.8 Å². The molecular formula is C17H27N5O3S. The third kappa shape index (κ3) is 3.68. The molecule has 1 aromatic rings. The lowest BCUT2D eigenvalue weighted by Crippen LogP contribution is -2.44. The third-order valence-electron chi connectivity index (χ3n) is 4.78. The van der Waals surface area contributed by atoms with Gasteiger partial charge in [0.15, 0.2) is 0 Å². The van der Waals surface area contributed by atoms with Crippen molar-refractivity contribution in [2.45, 2.75) is 26.8 Å². The average molecular weight is 382 g/mol. The Balaban J connectivity index is 2.47. The number of carbonyl (C=O) groups excluding carboxylic acids is 1. The minimum absolute atomic E-state index is 0.0186. The number of carbonyl (C=O) groups is 1. The number of sulfonamides is 1. The van der Waals surface area contributed by atoms with Gasteiger partial charge >= 0.3 is 0 Å². The van der Waals surface area contributed by atoms with Gasteiger partial charge in [-0.1, -0.05) is 6.92 Å². The minimum Gasteiger partial charge on any atom is -0.398 e. The van der Waals surface area contributed by atoms with E-state index in [1.54, 1.807) is 12.1 Å². The predicted octanol–water partition coefficient (Wildman–Crippen LogP) is 1.45. The summed E-state index contributed by atoms with van der Waals surface area (Å²) in [5.41, 5.74) is 8.61. The number of hydrogen-bond donors (Lipinski definition) is 1. The van der Waals surface area contributed by atoms with E-state index < -0.39 is 15.9 Å². The summed E-state index contributed by atoms with van der Waals surface area (Å²) < 4.78 is 24.3. The number of amides is 1. The second-order valence-corrected chi connectivity index (χ2v) is 8.64. The van der Waals surface area contributed by atoms with Gasteiger partial charge in [0.1, 0.15) is 0 Å². The topological polar surface area (TPSA) is 99.3 Å². The Labute approximate surface area is 155 Å². The van der Waals surface area contributed by atoms with E-state index >= 15 is 0 Å². The Hall–Kier alpha value is -2.13. The van der Waals surface area contributed by atoms with Crippen LogP contribution in [0.1, 0.15) is 41.4 Å². The van der Waals surface area contributed by atoms with E-state index in [4.69, 9.17) is 5.73 Å². The van der Waals surface area contributed by atoms with Crippen LogP contribution in [0.25, 0.3) is 0 Å². The maximum atomic E-state index is 12.9. The lowest BCUT2D eigenvalue weighted by molar-refractivity contribution is 0.0537. The lowest BCUT2D eigenvalue weighted by Gasteiger charge is -2.29. The van der Waals surface area contributed by atoms with Crippen LogP contribution >= 0.6 is 0 Å². The SMILES string of the molecule is CCN1N=CC(C)C1c1cc(C(=O)N(C)N(C)S(C)(=O)=O)c(N)cc1C. The molecule has 0 saturated carbocycles. The number of anilines is 1. The highest BCUT2D eigenvalue weighted by Gasteiger charge is 2.31. The van der Waals surface area contributed by atoms with Gasteiger partial charge in [0.05, 0.1) is 17.9 Å². The maximum Gasteiger partial charge on any atom is 0.270 e. The van der Waals surface area contributed by atoms with Crippen molar-refractivity contribution in [1.29, 1.82) is 0 Å². The summed E-state index contributed by atoms with van der Waals surface area (Å²) in [5, 5.41) is 7.44. The van der Waals surface area contributed by atoms with Crippen molar-refractivity contribution in [3.63, 3.8) is 0 Å². The zero-order valence-corrected chi connectivity index (χ0v) is 16.9. The molecule has 0 saturated heterocycles. The van der Waals surface area contributed by atoms with E-state index in [1.807, 2.05) is 25.1 Å². The van der Waals surface area contributed by atoms with Crippen LogP contribution in [0.5, 0.6) is 0 Å². The van der Waals surface area contributed by atoms with Crippen LogP contribution in [0.2, 0.25) is 0 Å². The number of rotatable bonds is 5. The van der Waals surface area contributed by atoms with Crippen LogP contribution < -0.4 is 5.73 Å². The van der Waals surface area contributed by atoms with Gasteiger partial charge in [-0.2, -0.15) is 5.10 Å². The summed E-state index contributed by atoms with van der Waals surface area (Å²) in [4.78, 5) is 12.9. The van der Waals surface area contributed by atoms with Crippen molar-refractivity contribution in [3.8, 4) is 0 Å². The van der Waals surface area contributed by atoms with Gasteiger partial charge in [-0.3, -0.25) is 14.8 Å². The Morgan fingerprint density at radius 1 is 1.35 bits per heavy atom. The molecular weight excluding hydrogens is 354 g/mol. The fourth-order valence-corrected chi connectivity index (χ4v) is 3.63. The zero-order chi connectivity index (χ0) is 19.8. The third-order valence-corrected chi connectivity index (χ3v) is 5.98. The number of benzene rings is 1. The van der Waals surface area contributed by atoms with E-state index in [9.17, 15) is 13.2 Å². The first-order chi connectivity index (χ1) is 12.0. The van der Waals surface area contributed by atoms with Crippen LogP contribution in [0.4, 0.5) is 5.69 Å². The van der Waals surface area contributed by atoms with E-state index in [2.05, 4.69) is 12.0 Å². The van der Waals surface area contributed by atoms with Crippen LogP contribution in [-0.2, 0) is 10.0 Å². The minimum atomic E-state index is -3.55. The van der Waals surface area contributed by atoms with Crippen LogP contribution in [0.3, 0.4) is 0 Å². The van der Waals surface area contributed by atoms with Gasteiger partial charge in [0.25, 0.3) is 5.91 Å². The number of nitrogens with zero attached hydrogens (tertiary/aromatic N) is 4. The second-order valence-electron chi connectivity index (χ2n) is 6.65. The maximum absolute atomic E-state index is 12.9. The Morgan fingerprint density at radius 3 is 2.50 bits per heavy atom. The van der Waals surface area contributed by atoms with Crippen molar-refractivity contribution < 1.29 is 13.2 Å². The molecule has 9 heteroatoms. The molecule has 0 radical (unpaired) electrons. The summed E-state index contributed by atoms with van der Waals surface area (Å²) in [6.45, 7) is 6.79. The highest BCUT2D eigenvalue weighted by Crippen LogP contribution is 2.36. The molecule has 2 atom stereocenters. The van der Waals surface area contributed by atoms with Crippen molar-refractivity contribution in [2.75, 3.05) is 32.6 Å². The van der Waals surface area contributed by atoms with Crippen LogP contribution in [-0.4, -0.2) is 61.9 Å². The first kappa shape index (κ1) is 20.2. The second kappa shape index (κ2) is 7.24. The fourth-order valence-electron chi connectivity index (χ4n) is 3.11. The van der Waals surface area contributed by atoms with Crippen molar-refractivity contribution in [1.82, 2.24) is 14.4 Å². The molecule has 2 N–H and O–H groups in total. The average Bonchev–Trinajstić information content (AvgIpc) is 2.93. The number of hydrogen-bond acceptors (Lipinski definition) is 6. The quantitative estimate of drug-likeness (QED) is 0.615. The standard InChI is InChI=1S/C17H27N5O3S/c1-7-22-16(12(3)10-19-22)13-9-14(15(18)8-11(13)2)17(23)20(4)21(5)26(6,24)25/h8-10,12,16H,7,18H2,1-6H3. The molecule has 2 rings (SSSR count). The molecule has 1 aliphatic rings. The normalized spacial score (nSPS) is 20.0. The number of hydrazine groups is 1. The molecule has 144 valence electrons. The molecule has 0 spiro atoms. The fraction of sp³-hybridized carbons (Fsp3) is 0.529. The predicted molar refractivity (Wildman–Crippen MR) is 103 cm³/mol. The molecule has 0 aliphatic carbocycles. The molecule has 8 nitrogen and oxygen atoms in total. The molecule has 1 aromatic carbocycles. The Bertz CT molecular complexity index is 837. The summed E-state index contributed by atoms with van der Waals surface area (Å²) in [5.74, 6) is -0.289. The van der Waals surface area contributed by atoms with E-state index in [1.165, 1.54) is 14.1 Å². The molecule has 1 aliphatic heterocycles. The molecule has 2 unspecified atom stereocenters. The molecule has 0 aromatic heterocycles. The number of aryl methyl sites for hydroxylation is 1. The number of nitrogens with two attached hydrogens (primary N) is 1. The van der Waals surface area contributed by atoms with Gasteiger partial charge in [0.2, 0.25) is 10.0 Å². The monoisotopic (exact) mass is 381 g/mol. The summed E-state index contributed by atoms with van der Waals surface area (Å²) in [6.07, 6.45) is 2.94. The molecule has 1 heterocycles. The molecule has 26 heavy (non-hydrogen) atoms. The van der Waals surface area contributed by atoms with Gasteiger partial charge in [-0.05, 0) is 37.1 Å². The van der Waals surface area contributed by atoms with Gasteiger partial charge in [-0.15, -0.1) is 4.41 Å². The highest BCUT2D eigenvalue weighted by molar-refractivity contribution is 7.88. The van der Waals surface area contributed by atoms with E-state index in [-0.39, 0.29) is 17.5 Å². The highest BCUT2D eigenvalue weighted by atomic mass is 32.2. The van der Waals surface area contributed by atoms with Crippen LogP contribution in [0.15, 0.2) is 17.2 Å². The molecule has 0 fully saturated rings. The van der Waals surface area contributed by atoms with Gasteiger partial charge in [-0.25, -0.2) is 8.42 Å². The summed E-state index contributed by atoms with van der Waals surface area (Å²) >= 11 is 0. The number of hydrazone groups is 1. The smallest absolute Gasteiger partial charge is 0.270 e. The van der Waals surface area contributed by atoms with Crippen molar-refractivity contribution in [2.24, 2.45) is 11.0 Å². The largest absolute Gasteiger partial charge is 0.398 e. The van der Waals surface area contributed by atoms with E-state index in [0.29, 0.717) is 5.69 Å². The first-order valence-electron chi connectivity index (χ1n) is 8.41. The number of nitrogen functional groups attached to an aromatic ring is 1. The summed E-state index contributed by atoms with van der Waals surface area (Å²) in [7, 11) is -0.826. The van der Waals surface area contributed by atoms with Crippen molar-refractivity contribution >= 4 is 27.8 Å². The Kier molecular flexibility index (Phi) is 5.62. The Morgan fingerprint density at radius 2 is 1.96 bits per heavy atom.